The first kappa shape index (κ1) is 18.3. The van der Waals surface area contributed by atoms with Crippen molar-refractivity contribution < 1.29 is 15.0 Å². The second-order valence-electron chi connectivity index (χ2n) is 8.10. The van der Waals surface area contributed by atoms with Crippen molar-refractivity contribution in [3.8, 4) is 0 Å². The highest BCUT2D eigenvalue weighted by atomic mass is 16.4. The molecule has 0 amide bonds. The van der Waals surface area contributed by atoms with Crippen LogP contribution in [-0.4, -0.2) is 22.8 Å². The molecule has 0 bridgehead atoms. The summed E-state index contributed by atoms with van der Waals surface area (Å²) >= 11 is 0. The van der Waals surface area contributed by atoms with E-state index in [1.54, 1.807) is 0 Å². The highest BCUT2D eigenvalue weighted by Crippen LogP contribution is 2.58. The van der Waals surface area contributed by atoms with Gasteiger partial charge < -0.3 is 10.2 Å². The summed E-state index contributed by atoms with van der Waals surface area (Å²) in [6.45, 7) is 8.76. The van der Waals surface area contributed by atoms with Crippen LogP contribution < -0.4 is 0 Å². The topological polar surface area (TPSA) is 57.5 Å². The lowest BCUT2D eigenvalue weighted by Gasteiger charge is -2.52. The normalized spacial score (nSPS) is 38.0. The first-order valence-electron chi connectivity index (χ1n) is 8.96. The molecular formula is C20H32O3. The number of rotatable bonds is 5. The molecule has 0 heterocycles. The van der Waals surface area contributed by atoms with Crippen LogP contribution in [0.1, 0.15) is 66.2 Å². The Hall–Kier alpha value is -1.09. The van der Waals surface area contributed by atoms with Crippen molar-refractivity contribution in [2.24, 2.45) is 22.7 Å². The minimum Gasteiger partial charge on any atom is -0.481 e. The lowest BCUT2D eigenvalue weighted by Crippen LogP contribution is -2.47. The van der Waals surface area contributed by atoms with Crippen molar-refractivity contribution in [3.05, 3.63) is 23.3 Å². The van der Waals surface area contributed by atoms with Crippen LogP contribution >= 0.6 is 0 Å². The van der Waals surface area contributed by atoms with Gasteiger partial charge >= 0.3 is 5.97 Å². The molecule has 0 radical (unpaired) electrons. The third kappa shape index (κ3) is 3.26. The molecule has 0 aromatic carbocycles. The Morgan fingerprint density at radius 3 is 2.70 bits per heavy atom. The van der Waals surface area contributed by atoms with Crippen LogP contribution in [0.25, 0.3) is 0 Å². The van der Waals surface area contributed by atoms with E-state index in [2.05, 4.69) is 26.8 Å². The number of carbonyl (C=O) groups is 1. The van der Waals surface area contributed by atoms with Gasteiger partial charge in [0.05, 0.1) is 12.0 Å². The molecule has 0 spiro atoms. The van der Waals surface area contributed by atoms with E-state index >= 15 is 0 Å². The Bertz CT molecular complexity index is 519. The summed E-state index contributed by atoms with van der Waals surface area (Å²) in [6.07, 6.45) is 9.96. The Morgan fingerprint density at radius 1 is 1.39 bits per heavy atom. The Morgan fingerprint density at radius 2 is 2.09 bits per heavy atom. The van der Waals surface area contributed by atoms with Gasteiger partial charge in [0.2, 0.25) is 0 Å². The van der Waals surface area contributed by atoms with E-state index in [-0.39, 0.29) is 17.9 Å². The van der Waals surface area contributed by atoms with E-state index < -0.39 is 11.4 Å². The van der Waals surface area contributed by atoms with Gasteiger partial charge in [-0.2, -0.15) is 0 Å². The molecule has 130 valence electrons. The minimum atomic E-state index is -0.638. The van der Waals surface area contributed by atoms with Gasteiger partial charge in [-0.25, -0.2) is 0 Å². The van der Waals surface area contributed by atoms with Crippen molar-refractivity contribution in [3.63, 3.8) is 0 Å². The van der Waals surface area contributed by atoms with Crippen LogP contribution in [0.4, 0.5) is 0 Å². The molecule has 23 heavy (non-hydrogen) atoms. The summed E-state index contributed by atoms with van der Waals surface area (Å²) < 4.78 is 0. The number of fused-ring (bicyclic) bond motifs is 1. The third-order valence-electron chi connectivity index (χ3n) is 6.77. The maximum Gasteiger partial charge on any atom is 0.309 e. The number of aliphatic hydroxyl groups is 1. The first-order chi connectivity index (χ1) is 10.8. The minimum absolute atomic E-state index is 0.0740. The average Bonchev–Trinajstić information content (AvgIpc) is 2.50. The van der Waals surface area contributed by atoms with Crippen LogP contribution in [0.3, 0.4) is 0 Å². The first-order valence-corrected chi connectivity index (χ1v) is 8.96. The Labute approximate surface area is 140 Å². The number of hydrogen-bond acceptors (Lipinski definition) is 2. The van der Waals surface area contributed by atoms with Crippen LogP contribution in [0.15, 0.2) is 23.3 Å². The molecular weight excluding hydrogens is 288 g/mol. The second kappa shape index (κ2) is 6.80. The molecule has 3 heteroatoms. The fraction of sp³-hybridized carbons (Fsp3) is 0.750. The standard InChI is InChI=1S/C20H32O3/c1-14(10-13-21)9-12-19(3)15(2)7-8-17-16(19)6-5-11-20(17,4)18(22)23/h6,10,15,17,21H,5,7-9,11-13H2,1-4H3,(H,22,23)/b14-10+/t15-,17+,19+,20+/m1/s1. The molecule has 0 aromatic heterocycles. The molecule has 2 rings (SSSR count). The fourth-order valence-electron chi connectivity index (χ4n) is 4.67. The van der Waals surface area contributed by atoms with E-state index in [0.717, 1.165) is 38.5 Å². The van der Waals surface area contributed by atoms with Crippen molar-refractivity contribution in [2.75, 3.05) is 6.61 Å². The molecule has 2 aliphatic carbocycles. The fourth-order valence-corrected chi connectivity index (χ4v) is 4.67. The lowest BCUT2D eigenvalue weighted by molar-refractivity contribution is -0.152. The molecule has 0 aliphatic heterocycles. The predicted molar refractivity (Wildman–Crippen MR) is 93.1 cm³/mol. The van der Waals surface area contributed by atoms with Gasteiger partial charge in [-0.3, -0.25) is 4.79 Å². The summed E-state index contributed by atoms with van der Waals surface area (Å²) in [5.74, 6) is 0.113. The Kier molecular flexibility index (Phi) is 5.40. The zero-order valence-corrected chi connectivity index (χ0v) is 15.1. The largest absolute Gasteiger partial charge is 0.481 e. The highest BCUT2D eigenvalue weighted by molar-refractivity contribution is 5.75. The van der Waals surface area contributed by atoms with Crippen LogP contribution in [-0.2, 0) is 4.79 Å². The Balaban J connectivity index is 2.29. The molecule has 2 aliphatic rings. The zero-order chi connectivity index (χ0) is 17.3. The number of hydrogen-bond donors (Lipinski definition) is 2. The SMILES string of the molecule is C/C(=C\CO)CC[C@]1(C)C2=CCC[C@](C)(C(=O)O)[C@H]2CC[C@H]1C. The van der Waals surface area contributed by atoms with Crippen LogP contribution in [0.2, 0.25) is 0 Å². The summed E-state index contributed by atoms with van der Waals surface area (Å²) in [5.41, 5.74) is 2.08. The van der Waals surface area contributed by atoms with E-state index in [4.69, 9.17) is 5.11 Å². The lowest BCUT2D eigenvalue weighted by atomic mass is 9.51. The molecule has 3 nitrogen and oxygen atoms in total. The second-order valence-corrected chi connectivity index (χ2v) is 8.10. The number of aliphatic carboxylic acids is 1. The number of carboxylic acids is 1. The van der Waals surface area contributed by atoms with Crippen LogP contribution in [0, 0.1) is 22.7 Å². The predicted octanol–water partition coefficient (Wildman–Crippen LogP) is 4.57. The molecule has 4 atom stereocenters. The van der Waals surface area contributed by atoms with E-state index in [1.165, 1.54) is 11.1 Å². The zero-order valence-electron chi connectivity index (χ0n) is 15.1. The molecule has 0 aromatic rings. The van der Waals surface area contributed by atoms with Crippen LogP contribution in [0.5, 0.6) is 0 Å². The van der Waals surface area contributed by atoms with E-state index in [1.807, 2.05) is 13.0 Å². The molecule has 2 N–H and O–H groups in total. The average molecular weight is 320 g/mol. The van der Waals surface area contributed by atoms with Crippen molar-refractivity contribution in [1.29, 1.82) is 0 Å². The highest BCUT2D eigenvalue weighted by Gasteiger charge is 2.52. The van der Waals surface area contributed by atoms with E-state index in [0.29, 0.717) is 5.92 Å². The van der Waals surface area contributed by atoms with Gasteiger partial charge in [0.25, 0.3) is 0 Å². The van der Waals surface area contributed by atoms with Gasteiger partial charge in [0, 0.05) is 0 Å². The molecule has 0 saturated heterocycles. The summed E-state index contributed by atoms with van der Waals surface area (Å²) in [4.78, 5) is 11.9. The van der Waals surface area contributed by atoms with Gasteiger partial charge in [0.15, 0.2) is 0 Å². The maximum atomic E-state index is 11.9. The molecule has 1 fully saturated rings. The summed E-state index contributed by atoms with van der Waals surface area (Å²) in [7, 11) is 0. The monoisotopic (exact) mass is 320 g/mol. The number of aliphatic hydroxyl groups excluding tert-OH is 1. The van der Waals surface area contributed by atoms with Gasteiger partial charge in [0.1, 0.15) is 0 Å². The number of carboxylic acid groups (broad SMARTS) is 1. The smallest absolute Gasteiger partial charge is 0.309 e. The van der Waals surface area contributed by atoms with E-state index in [9.17, 15) is 9.90 Å². The van der Waals surface area contributed by atoms with Crippen molar-refractivity contribution >= 4 is 5.97 Å². The maximum absolute atomic E-state index is 11.9. The summed E-state index contributed by atoms with van der Waals surface area (Å²) in [5, 5.41) is 18.9. The van der Waals surface area contributed by atoms with Crippen molar-refractivity contribution in [2.45, 2.75) is 66.2 Å². The molecule has 1 saturated carbocycles. The quantitative estimate of drug-likeness (QED) is 0.730. The summed E-state index contributed by atoms with van der Waals surface area (Å²) in [6, 6.07) is 0. The molecule has 0 unspecified atom stereocenters. The van der Waals surface area contributed by atoms with Gasteiger partial charge in [-0.05, 0) is 69.6 Å². The van der Waals surface area contributed by atoms with Gasteiger partial charge in [-0.1, -0.05) is 37.1 Å². The number of allylic oxidation sites excluding steroid dienone is 3. The van der Waals surface area contributed by atoms with Crippen molar-refractivity contribution in [1.82, 2.24) is 0 Å². The third-order valence-corrected chi connectivity index (χ3v) is 6.77. The van der Waals surface area contributed by atoms with Gasteiger partial charge in [-0.15, -0.1) is 0 Å².